The summed E-state index contributed by atoms with van der Waals surface area (Å²) in [5.74, 6) is 1.42. The van der Waals surface area contributed by atoms with E-state index < -0.39 is 0 Å². The number of carbonyl (C=O) groups is 1. The fourth-order valence-electron chi connectivity index (χ4n) is 3.51. The highest BCUT2D eigenvalue weighted by atomic mass is 16.3. The van der Waals surface area contributed by atoms with Gasteiger partial charge in [0.05, 0.1) is 12.8 Å². The van der Waals surface area contributed by atoms with Gasteiger partial charge in [0.25, 0.3) is 5.91 Å². The van der Waals surface area contributed by atoms with E-state index in [-0.39, 0.29) is 5.91 Å². The number of aliphatic imine (C=N–C) groups is 1. The summed E-state index contributed by atoms with van der Waals surface area (Å²) in [4.78, 5) is 16.7. The van der Waals surface area contributed by atoms with Crippen molar-refractivity contribution in [2.75, 3.05) is 13.6 Å². The predicted octanol–water partition coefficient (Wildman–Crippen LogP) is 3.45. The van der Waals surface area contributed by atoms with Crippen LogP contribution in [0.3, 0.4) is 0 Å². The molecule has 1 aromatic heterocycles. The van der Waals surface area contributed by atoms with Crippen LogP contribution < -0.4 is 16.0 Å². The molecule has 1 saturated carbocycles. The molecule has 1 fully saturated rings. The molecule has 0 aliphatic heterocycles. The van der Waals surface area contributed by atoms with Gasteiger partial charge in [-0.15, -0.1) is 0 Å². The first-order chi connectivity index (χ1) is 13.6. The zero-order valence-electron chi connectivity index (χ0n) is 16.8. The number of rotatable bonds is 8. The molecule has 28 heavy (non-hydrogen) atoms. The molecule has 6 heteroatoms. The summed E-state index contributed by atoms with van der Waals surface area (Å²) >= 11 is 0. The lowest BCUT2D eigenvalue weighted by Gasteiger charge is -2.41. The van der Waals surface area contributed by atoms with Gasteiger partial charge in [0.15, 0.2) is 5.96 Å². The summed E-state index contributed by atoms with van der Waals surface area (Å²) in [5, 5.41) is 9.67. The minimum atomic E-state index is -0.115. The highest BCUT2D eigenvalue weighted by Gasteiger charge is 2.34. The van der Waals surface area contributed by atoms with Crippen molar-refractivity contribution in [1.82, 2.24) is 16.0 Å². The average Bonchev–Trinajstić information content (AvgIpc) is 3.21. The van der Waals surface area contributed by atoms with Crippen LogP contribution in [0.1, 0.15) is 54.3 Å². The minimum absolute atomic E-state index is 0.115. The fourth-order valence-corrected chi connectivity index (χ4v) is 3.51. The molecule has 3 N–H and O–H groups in total. The van der Waals surface area contributed by atoms with Crippen LogP contribution in [0, 0.1) is 5.41 Å². The van der Waals surface area contributed by atoms with Gasteiger partial charge in [-0.1, -0.05) is 25.5 Å². The van der Waals surface area contributed by atoms with Gasteiger partial charge in [-0.05, 0) is 54.5 Å². The summed E-state index contributed by atoms with van der Waals surface area (Å²) in [6.45, 7) is 4.21. The molecule has 150 valence electrons. The third kappa shape index (κ3) is 5.15. The molecule has 0 unspecified atom stereocenters. The van der Waals surface area contributed by atoms with Crippen molar-refractivity contribution in [2.45, 2.75) is 45.7 Å². The van der Waals surface area contributed by atoms with E-state index in [4.69, 9.17) is 4.42 Å². The number of hydrogen-bond acceptors (Lipinski definition) is 3. The number of carbonyl (C=O) groups excluding carboxylic acids is 1. The molecule has 0 bridgehead atoms. The highest BCUT2D eigenvalue weighted by Crippen LogP contribution is 2.42. The van der Waals surface area contributed by atoms with Crippen LogP contribution in [0.5, 0.6) is 0 Å². The molecule has 1 aromatic carbocycles. The maximum absolute atomic E-state index is 12.4. The molecule has 1 aliphatic carbocycles. The van der Waals surface area contributed by atoms with Crippen LogP contribution in [0.4, 0.5) is 0 Å². The Labute approximate surface area is 166 Å². The minimum Gasteiger partial charge on any atom is -0.467 e. The van der Waals surface area contributed by atoms with E-state index in [1.807, 2.05) is 36.4 Å². The lowest BCUT2D eigenvalue weighted by Crippen LogP contribution is -2.46. The number of furan rings is 1. The largest absolute Gasteiger partial charge is 0.467 e. The van der Waals surface area contributed by atoms with Gasteiger partial charge in [0, 0.05) is 25.7 Å². The van der Waals surface area contributed by atoms with Crippen LogP contribution in [-0.2, 0) is 13.1 Å². The number of hydrogen-bond donors (Lipinski definition) is 3. The smallest absolute Gasteiger partial charge is 0.251 e. The first kappa shape index (κ1) is 20.0. The lowest BCUT2D eigenvalue weighted by molar-refractivity contribution is 0.0948. The third-order valence-corrected chi connectivity index (χ3v) is 5.67. The molecule has 0 spiro atoms. The number of benzene rings is 1. The maximum atomic E-state index is 12.4. The van der Waals surface area contributed by atoms with Crippen LogP contribution in [0.2, 0.25) is 0 Å². The fraction of sp³-hybridized carbons (Fsp3) is 0.455. The normalized spacial score (nSPS) is 15.6. The van der Waals surface area contributed by atoms with Crippen LogP contribution in [-0.4, -0.2) is 25.5 Å². The molecule has 1 heterocycles. The van der Waals surface area contributed by atoms with Gasteiger partial charge >= 0.3 is 0 Å². The zero-order chi connectivity index (χ0) is 19.8. The summed E-state index contributed by atoms with van der Waals surface area (Å²) in [6, 6.07) is 11.3. The summed E-state index contributed by atoms with van der Waals surface area (Å²) in [6.07, 6.45) is 6.72. The van der Waals surface area contributed by atoms with E-state index in [2.05, 4.69) is 27.9 Å². The monoisotopic (exact) mass is 382 g/mol. The van der Waals surface area contributed by atoms with E-state index in [1.54, 1.807) is 13.3 Å². The lowest BCUT2D eigenvalue weighted by atomic mass is 9.67. The molecule has 1 amide bonds. The van der Waals surface area contributed by atoms with Gasteiger partial charge in [-0.3, -0.25) is 9.79 Å². The van der Waals surface area contributed by atoms with Crippen molar-refractivity contribution in [1.29, 1.82) is 0 Å². The third-order valence-electron chi connectivity index (χ3n) is 5.67. The SMILES string of the molecule is CCC1(CNC(=NC)NCc2cccc(C(=O)NCc3ccco3)c2)CCC1. The summed E-state index contributed by atoms with van der Waals surface area (Å²) in [7, 11) is 1.78. The second-order valence-electron chi connectivity index (χ2n) is 7.45. The Morgan fingerprint density at radius 2 is 2.00 bits per heavy atom. The number of nitrogens with zero attached hydrogens (tertiary/aromatic N) is 1. The Hall–Kier alpha value is -2.76. The Morgan fingerprint density at radius 3 is 2.64 bits per heavy atom. The number of guanidine groups is 1. The van der Waals surface area contributed by atoms with E-state index in [0.29, 0.717) is 24.1 Å². The molecule has 0 radical (unpaired) electrons. The van der Waals surface area contributed by atoms with Crippen LogP contribution in [0.25, 0.3) is 0 Å². The van der Waals surface area contributed by atoms with Crippen molar-refractivity contribution in [3.8, 4) is 0 Å². The van der Waals surface area contributed by atoms with Gasteiger partial charge in [-0.2, -0.15) is 0 Å². The Bertz CT molecular complexity index is 789. The predicted molar refractivity (Wildman–Crippen MR) is 111 cm³/mol. The van der Waals surface area contributed by atoms with Gasteiger partial charge in [-0.25, -0.2) is 0 Å². The molecule has 2 aromatic rings. The second kappa shape index (κ2) is 9.44. The van der Waals surface area contributed by atoms with Crippen molar-refractivity contribution in [2.24, 2.45) is 10.4 Å². The van der Waals surface area contributed by atoms with Gasteiger partial charge in [0.1, 0.15) is 5.76 Å². The van der Waals surface area contributed by atoms with E-state index >= 15 is 0 Å². The summed E-state index contributed by atoms with van der Waals surface area (Å²) in [5.41, 5.74) is 2.10. The molecule has 0 atom stereocenters. The van der Waals surface area contributed by atoms with Gasteiger partial charge in [0.2, 0.25) is 0 Å². The molecular formula is C22H30N4O2. The summed E-state index contributed by atoms with van der Waals surface area (Å²) < 4.78 is 5.24. The first-order valence-corrected chi connectivity index (χ1v) is 9.98. The molecule has 0 saturated heterocycles. The van der Waals surface area contributed by atoms with Crippen molar-refractivity contribution in [3.05, 3.63) is 59.5 Å². The topological polar surface area (TPSA) is 78.7 Å². The van der Waals surface area contributed by atoms with Crippen molar-refractivity contribution < 1.29 is 9.21 Å². The quantitative estimate of drug-likeness (QED) is 0.483. The average molecular weight is 383 g/mol. The first-order valence-electron chi connectivity index (χ1n) is 9.98. The van der Waals surface area contributed by atoms with Crippen LogP contribution in [0.15, 0.2) is 52.1 Å². The number of amides is 1. The molecular weight excluding hydrogens is 352 g/mol. The second-order valence-corrected chi connectivity index (χ2v) is 7.45. The molecule has 3 rings (SSSR count). The van der Waals surface area contributed by atoms with Crippen molar-refractivity contribution in [3.63, 3.8) is 0 Å². The van der Waals surface area contributed by atoms with E-state index in [0.717, 1.165) is 23.8 Å². The Kier molecular flexibility index (Phi) is 6.74. The van der Waals surface area contributed by atoms with E-state index in [1.165, 1.54) is 25.7 Å². The maximum Gasteiger partial charge on any atom is 0.251 e. The van der Waals surface area contributed by atoms with Crippen LogP contribution >= 0.6 is 0 Å². The standard InChI is InChI=1S/C22H30N4O2/c1-3-22(10-6-11-22)16-26-21(23-2)25-14-17-7-4-8-18(13-17)20(27)24-15-19-9-5-12-28-19/h4-5,7-9,12-13H,3,6,10-11,14-16H2,1-2H3,(H,24,27)(H2,23,25,26). The molecule has 6 nitrogen and oxygen atoms in total. The van der Waals surface area contributed by atoms with Gasteiger partial charge < -0.3 is 20.4 Å². The Balaban J connectivity index is 1.49. The zero-order valence-corrected chi connectivity index (χ0v) is 16.8. The number of nitrogens with one attached hydrogen (secondary N) is 3. The molecule has 1 aliphatic rings. The van der Waals surface area contributed by atoms with E-state index in [9.17, 15) is 4.79 Å². The van der Waals surface area contributed by atoms with Crippen molar-refractivity contribution >= 4 is 11.9 Å². The Morgan fingerprint density at radius 1 is 1.14 bits per heavy atom. The highest BCUT2D eigenvalue weighted by molar-refractivity contribution is 5.94.